The number of nitrogens with zero attached hydrogens (tertiary/aromatic N) is 1. The molecule has 0 saturated carbocycles. The molecule has 0 spiro atoms. The molecular weight excluding hydrogens is 510 g/mol. The number of rotatable bonds is 11. The monoisotopic (exact) mass is 547 g/mol. The van der Waals surface area contributed by atoms with Gasteiger partial charge in [-0.05, 0) is 29.7 Å². The SMILES string of the molecule is Cc1c(C2O[C@H](COCc3ccccc3)[C@@H](OCc3ccccc3)[C@H]2OCc2ccccc2)c2ccccc2n1C. The van der Waals surface area contributed by atoms with Gasteiger partial charge in [-0.3, -0.25) is 0 Å². The van der Waals surface area contributed by atoms with Gasteiger partial charge in [-0.1, -0.05) is 109 Å². The predicted molar refractivity (Wildman–Crippen MR) is 161 cm³/mol. The Labute approximate surface area is 242 Å². The summed E-state index contributed by atoms with van der Waals surface area (Å²) in [5, 5.41) is 1.18. The molecule has 0 radical (unpaired) electrons. The van der Waals surface area contributed by atoms with Crippen molar-refractivity contribution >= 4 is 10.9 Å². The zero-order valence-corrected chi connectivity index (χ0v) is 23.7. The van der Waals surface area contributed by atoms with Crippen LogP contribution in [0.15, 0.2) is 115 Å². The van der Waals surface area contributed by atoms with Crippen LogP contribution >= 0.6 is 0 Å². The molecule has 5 nitrogen and oxygen atoms in total. The Hall–Kier alpha value is -3.74. The van der Waals surface area contributed by atoms with Crippen LogP contribution < -0.4 is 0 Å². The van der Waals surface area contributed by atoms with E-state index in [9.17, 15) is 0 Å². The molecule has 4 aromatic carbocycles. The van der Waals surface area contributed by atoms with Crippen molar-refractivity contribution in [1.29, 1.82) is 0 Å². The summed E-state index contributed by atoms with van der Waals surface area (Å²) in [5.41, 5.74) is 6.85. The molecule has 41 heavy (non-hydrogen) atoms. The molecule has 0 aliphatic carbocycles. The topological polar surface area (TPSA) is 41.9 Å². The third-order valence-corrected chi connectivity index (χ3v) is 8.01. The number of para-hydroxylation sites is 1. The Balaban J connectivity index is 1.33. The Morgan fingerprint density at radius 1 is 0.634 bits per heavy atom. The van der Waals surface area contributed by atoms with E-state index in [1.54, 1.807) is 0 Å². The van der Waals surface area contributed by atoms with Crippen LogP contribution in [0, 0.1) is 6.92 Å². The minimum atomic E-state index is -0.325. The lowest BCUT2D eigenvalue weighted by Crippen LogP contribution is -2.37. The van der Waals surface area contributed by atoms with Crippen molar-refractivity contribution in [3.63, 3.8) is 0 Å². The van der Waals surface area contributed by atoms with E-state index >= 15 is 0 Å². The first-order valence-electron chi connectivity index (χ1n) is 14.3. The summed E-state index contributed by atoms with van der Waals surface area (Å²) < 4.78 is 28.8. The second-order valence-corrected chi connectivity index (χ2v) is 10.7. The summed E-state index contributed by atoms with van der Waals surface area (Å²) >= 11 is 0. The maximum atomic E-state index is 6.90. The summed E-state index contributed by atoms with van der Waals surface area (Å²) in [6.45, 7) is 4.01. The smallest absolute Gasteiger partial charge is 0.117 e. The summed E-state index contributed by atoms with van der Waals surface area (Å²) in [5.74, 6) is 0. The minimum Gasteiger partial charge on any atom is -0.374 e. The van der Waals surface area contributed by atoms with Gasteiger partial charge in [0.05, 0.1) is 26.4 Å². The first kappa shape index (κ1) is 27.4. The van der Waals surface area contributed by atoms with E-state index in [0.29, 0.717) is 26.4 Å². The van der Waals surface area contributed by atoms with E-state index in [-0.39, 0.29) is 24.4 Å². The largest absolute Gasteiger partial charge is 0.374 e. The van der Waals surface area contributed by atoms with Gasteiger partial charge in [-0.2, -0.15) is 0 Å². The molecule has 0 bridgehead atoms. The fourth-order valence-electron chi connectivity index (χ4n) is 5.79. The molecule has 0 N–H and O–H groups in total. The maximum Gasteiger partial charge on any atom is 0.117 e. The van der Waals surface area contributed by atoms with Crippen LogP contribution in [0.5, 0.6) is 0 Å². The zero-order valence-electron chi connectivity index (χ0n) is 23.7. The molecule has 210 valence electrons. The summed E-state index contributed by atoms with van der Waals surface area (Å²) in [4.78, 5) is 0. The van der Waals surface area contributed by atoms with Crippen molar-refractivity contribution in [3.8, 4) is 0 Å². The van der Waals surface area contributed by atoms with Crippen molar-refractivity contribution in [2.75, 3.05) is 6.61 Å². The minimum absolute atomic E-state index is 0.299. The molecule has 0 amide bonds. The van der Waals surface area contributed by atoms with Gasteiger partial charge in [-0.25, -0.2) is 0 Å². The average Bonchev–Trinajstić information content (AvgIpc) is 3.49. The lowest BCUT2D eigenvalue weighted by molar-refractivity contribution is -0.0898. The molecule has 5 heteroatoms. The van der Waals surface area contributed by atoms with Crippen LogP contribution in [0.4, 0.5) is 0 Å². The first-order valence-corrected chi connectivity index (χ1v) is 14.3. The summed E-state index contributed by atoms with van der Waals surface area (Å²) in [7, 11) is 2.11. The third kappa shape index (κ3) is 6.14. The van der Waals surface area contributed by atoms with Crippen LogP contribution in [-0.4, -0.2) is 29.5 Å². The number of aromatic nitrogens is 1. The molecule has 6 rings (SSSR count). The van der Waals surface area contributed by atoms with Gasteiger partial charge in [0, 0.05) is 29.2 Å². The van der Waals surface area contributed by atoms with Gasteiger partial charge < -0.3 is 23.5 Å². The van der Waals surface area contributed by atoms with E-state index in [0.717, 1.165) is 27.9 Å². The van der Waals surface area contributed by atoms with Crippen molar-refractivity contribution in [2.45, 2.75) is 51.2 Å². The van der Waals surface area contributed by atoms with Crippen molar-refractivity contribution < 1.29 is 18.9 Å². The first-order chi connectivity index (χ1) is 20.2. The number of ether oxygens (including phenoxy) is 4. The molecule has 1 fully saturated rings. The molecule has 1 unspecified atom stereocenters. The predicted octanol–water partition coefficient (Wildman–Crippen LogP) is 7.31. The Morgan fingerprint density at radius 3 is 1.76 bits per heavy atom. The van der Waals surface area contributed by atoms with Gasteiger partial charge in [0.1, 0.15) is 24.4 Å². The third-order valence-electron chi connectivity index (χ3n) is 8.01. The van der Waals surface area contributed by atoms with Crippen molar-refractivity contribution in [1.82, 2.24) is 4.57 Å². The number of hydrogen-bond acceptors (Lipinski definition) is 4. The molecule has 2 heterocycles. The molecule has 5 aromatic rings. The second kappa shape index (κ2) is 12.8. The number of hydrogen-bond donors (Lipinski definition) is 0. The van der Waals surface area contributed by atoms with Gasteiger partial charge in [0.2, 0.25) is 0 Å². The summed E-state index contributed by atoms with van der Waals surface area (Å²) in [6, 6.07) is 39.3. The van der Waals surface area contributed by atoms with Crippen molar-refractivity contribution in [2.24, 2.45) is 7.05 Å². The highest BCUT2D eigenvalue weighted by Crippen LogP contribution is 2.43. The maximum absolute atomic E-state index is 6.90. The van der Waals surface area contributed by atoms with Gasteiger partial charge in [-0.15, -0.1) is 0 Å². The van der Waals surface area contributed by atoms with E-state index in [2.05, 4.69) is 79.2 Å². The average molecular weight is 548 g/mol. The molecule has 1 saturated heterocycles. The molecule has 1 aliphatic rings. The van der Waals surface area contributed by atoms with Gasteiger partial charge >= 0.3 is 0 Å². The molecule has 1 aromatic heterocycles. The van der Waals surface area contributed by atoms with Gasteiger partial charge in [0.15, 0.2) is 0 Å². The van der Waals surface area contributed by atoms with Gasteiger partial charge in [0.25, 0.3) is 0 Å². The number of benzene rings is 4. The normalized spacial score (nSPS) is 20.5. The summed E-state index contributed by atoms with van der Waals surface area (Å²) in [6.07, 6.45) is -1.26. The fraction of sp³-hybridized carbons (Fsp3) is 0.278. The highest BCUT2D eigenvalue weighted by molar-refractivity contribution is 5.86. The zero-order chi connectivity index (χ0) is 28.0. The molecule has 4 atom stereocenters. The Kier molecular flexibility index (Phi) is 8.59. The van der Waals surface area contributed by atoms with E-state index in [1.807, 2.05) is 54.6 Å². The standard InChI is InChI=1S/C36H37NO4/c1-26-33(30-20-12-13-21-31(30)37(26)2)35-36(40-24-29-18-10-5-11-19-29)34(39-23-28-16-8-4-9-17-28)32(41-35)25-38-22-27-14-6-3-7-15-27/h3-21,32,34-36H,22-25H2,1-2H3/t32-,34-,35?,36-/m1/s1. The van der Waals surface area contributed by atoms with Crippen LogP contribution in [0.3, 0.4) is 0 Å². The van der Waals surface area contributed by atoms with Crippen LogP contribution in [-0.2, 0) is 45.8 Å². The highest BCUT2D eigenvalue weighted by Gasteiger charge is 2.48. The van der Waals surface area contributed by atoms with Crippen LogP contribution in [0.1, 0.15) is 34.1 Å². The Morgan fingerprint density at radius 2 is 1.15 bits per heavy atom. The Bertz CT molecular complexity index is 1530. The van der Waals surface area contributed by atoms with E-state index < -0.39 is 0 Å². The van der Waals surface area contributed by atoms with Crippen LogP contribution in [0.2, 0.25) is 0 Å². The number of fused-ring (bicyclic) bond motifs is 1. The second-order valence-electron chi connectivity index (χ2n) is 10.7. The van der Waals surface area contributed by atoms with E-state index in [4.69, 9.17) is 18.9 Å². The van der Waals surface area contributed by atoms with E-state index in [1.165, 1.54) is 10.9 Å². The van der Waals surface area contributed by atoms with Crippen LogP contribution in [0.25, 0.3) is 10.9 Å². The fourth-order valence-corrected chi connectivity index (χ4v) is 5.79. The lowest BCUT2D eigenvalue weighted by Gasteiger charge is -2.25. The number of aryl methyl sites for hydroxylation is 1. The lowest BCUT2D eigenvalue weighted by atomic mass is 9.98. The quantitative estimate of drug-likeness (QED) is 0.174. The molecule has 1 aliphatic heterocycles. The van der Waals surface area contributed by atoms with Crippen molar-refractivity contribution in [3.05, 3.63) is 143 Å². The highest BCUT2D eigenvalue weighted by atomic mass is 16.6. The molecular formula is C36H37NO4.